The molecule has 6 nitrogen and oxygen atoms in total. The molecule has 0 spiro atoms. The first-order chi connectivity index (χ1) is 8.25. The van der Waals surface area contributed by atoms with Crippen LogP contribution in [0.3, 0.4) is 0 Å². The second-order valence-electron chi connectivity index (χ2n) is 5.25. The van der Waals surface area contributed by atoms with Crippen LogP contribution in [0.5, 0.6) is 0 Å². The van der Waals surface area contributed by atoms with Crippen LogP contribution in [-0.2, 0) is 6.54 Å². The minimum Gasteiger partial charge on any atom is -0.292 e. The van der Waals surface area contributed by atoms with Crippen molar-refractivity contribution >= 4 is 18.3 Å². The number of nitro groups is 1. The van der Waals surface area contributed by atoms with Crippen molar-refractivity contribution in [1.29, 1.82) is 0 Å². The van der Waals surface area contributed by atoms with Crippen LogP contribution in [0.25, 0.3) is 0 Å². The predicted molar refractivity (Wildman–Crippen MR) is 71.9 cm³/mol. The Kier molecular flexibility index (Phi) is 4.50. The second-order valence-corrected chi connectivity index (χ2v) is 5.61. The summed E-state index contributed by atoms with van der Waals surface area (Å²) in [7, 11) is 0. The fourth-order valence-corrected chi connectivity index (χ4v) is 2.17. The highest BCUT2D eigenvalue weighted by atomic mass is 32.1. The molecule has 1 atom stereocenters. The van der Waals surface area contributed by atoms with Gasteiger partial charge >= 0.3 is 11.4 Å². The Hall–Kier alpha value is -1.37. The molecule has 0 N–H and O–H groups in total. The van der Waals surface area contributed by atoms with Crippen molar-refractivity contribution in [3.05, 3.63) is 33.0 Å². The van der Waals surface area contributed by atoms with Gasteiger partial charge in [0.05, 0.1) is 11.1 Å². The van der Waals surface area contributed by atoms with Crippen molar-refractivity contribution < 1.29 is 4.92 Å². The van der Waals surface area contributed by atoms with E-state index in [2.05, 4.69) is 17.6 Å². The highest BCUT2D eigenvalue weighted by molar-refractivity contribution is 7.80. The molecule has 7 heteroatoms. The Morgan fingerprint density at radius 1 is 1.56 bits per heavy atom. The fourth-order valence-electron chi connectivity index (χ4n) is 1.51. The smallest absolute Gasteiger partial charge is 0.292 e. The molecule has 0 aliphatic rings. The Labute approximate surface area is 111 Å². The number of thiol groups is 1. The average Bonchev–Trinajstić information content (AvgIpc) is 2.25. The van der Waals surface area contributed by atoms with Gasteiger partial charge in [-0.1, -0.05) is 20.8 Å². The summed E-state index contributed by atoms with van der Waals surface area (Å²) >= 11 is 4.27. The maximum Gasteiger partial charge on any atom is 0.347 e. The molecule has 0 bridgehead atoms. The van der Waals surface area contributed by atoms with Crippen LogP contribution in [0.1, 0.15) is 20.8 Å². The number of hydrogen-bond donors (Lipinski definition) is 1. The standard InChI is InChI=1S/C11H17N3O3S/c1-11(2,3)8(7-18)5-13-6-9(14(16)17)4-12-10(13)15/h4,6,8,18H,5,7H2,1-3H3. The zero-order valence-electron chi connectivity index (χ0n) is 10.7. The normalized spacial score (nSPS) is 13.3. The highest BCUT2D eigenvalue weighted by Crippen LogP contribution is 2.28. The summed E-state index contributed by atoms with van der Waals surface area (Å²) in [4.78, 5) is 25.2. The van der Waals surface area contributed by atoms with Gasteiger partial charge in [0.2, 0.25) is 0 Å². The van der Waals surface area contributed by atoms with Crippen LogP contribution in [-0.4, -0.2) is 20.2 Å². The van der Waals surface area contributed by atoms with Crippen molar-refractivity contribution in [3.63, 3.8) is 0 Å². The molecule has 0 saturated carbocycles. The van der Waals surface area contributed by atoms with Crippen LogP contribution in [0.4, 0.5) is 5.69 Å². The lowest BCUT2D eigenvalue weighted by atomic mass is 9.82. The van der Waals surface area contributed by atoms with E-state index in [4.69, 9.17) is 0 Å². The fraction of sp³-hybridized carbons (Fsp3) is 0.636. The Morgan fingerprint density at radius 2 is 2.17 bits per heavy atom. The van der Waals surface area contributed by atoms with Crippen LogP contribution < -0.4 is 5.69 Å². The van der Waals surface area contributed by atoms with Crippen molar-refractivity contribution in [2.24, 2.45) is 11.3 Å². The summed E-state index contributed by atoms with van der Waals surface area (Å²) in [5, 5.41) is 10.7. The van der Waals surface area contributed by atoms with Crippen LogP contribution in [0.15, 0.2) is 17.2 Å². The maximum absolute atomic E-state index is 11.6. The third kappa shape index (κ3) is 3.56. The molecule has 0 aliphatic carbocycles. The van der Waals surface area contributed by atoms with E-state index in [1.165, 1.54) is 10.8 Å². The van der Waals surface area contributed by atoms with E-state index in [0.29, 0.717) is 12.3 Å². The molecule has 0 fully saturated rings. The third-order valence-electron chi connectivity index (χ3n) is 2.91. The summed E-state index contributed by atoms with van der Waals surface area (Å²) < 4.78 is 1.28. The average molecular weight is 271 g/mol. The van der Waals surface area contributed by atoms with Gasteiger partial charge in [-0.25, -0.2) is 4.79 Å². The van der Waals surface area contributed by atoms with Crippen LogP contribution >= 0.6 is 12.6 Å². The lowest BCUT2D eigenvalue weighted by Crippen LogP contribution is -2.32. The van der Waals surface area contributed by atoms with Crippen molar-refractivity contribution in [3.8, 4) is 0 Å². The van der Waals surface area contributed by atoms with E-state index in [1.807, 2.05) is 20.8 Å². The second kappa shape index (κ2) is 5.51. The minimum atomic E-state index is -0.560. The molecule has 1 aromatic heterocycles. The molecule has 0 aliphatic heterocycles. The highest BCUT2D eigenvalue weighted by Gasteiger charge is 2.24. The molecule has 0 radical (unpaired) electrons. The third-order valence-corrected chi connectivity index (χ3v) is 3.35. The number of aromatic nitrogens is 2. The monoisotopic (exact) mass is 271 g/mol. The molecule has 18 heavy (non-hydrogen) atoms. The van der Waals surface area contributed by atoms with Gasteiger partial charge < -0.3 is 0 Å². The van der Waals surface area contributed by atoms with Gasteiger partial charge in [-0.2, -0.15) is 17.6 Å². The number of rotatable bonds is 4. The van der Waals surface area contributed by atoms with Gasteiger partial charge in [-0.3, -0.25) is 14.7 Å². The summed E-state index contributed by atoms with van der Waals surface area (Å²) in [5.41, 5.74) is -0.690. The van der Waals surface area contributed by atoms with E-state index >= 15 is 0 Å². The Bertz CT molecular complexity index is 493. The first-order valence-electron chi connectivity index (χ1n) is 5.57. The lowest BCUT2D eigenvalue weighted by molar-refractivity contribution is -0.385. The van der Waals surface area contributed by atoms with Crippen molar-refractivity contribution in [2.45, 2.75) is 27.3 Å². The van der Waals surface area contributed by atoms with E-state index in [-0.39, 0.29) is 17.0 Å². The van der Waals surface area contributed by atoms with Gasteiger partial charge in [0.25, 0.3) is 0 Å². The minimum absolute atomic E-state index is 0.0359. The Balaban J connectivity index is 3.06. The first-order valence-corrected chi connectivity index (χ1v) is 6.20. The van der Waals surface area contributed by atoms with E-state index in [9.17, 15) is 14.9 Å². The van der Waals surface area contributed by atoms with E-state index in [1.54, 1.807) is 0 Å². The lowest BCUT2D eigenvalue weighted by Gasteiger charge is -2.29. The zero-order valence-corrected chi connectivity index (χ0v) is 11.6. The zero-order chi connectivity index (χ0) is 13.9. The van der Waals surface area contributed by atoms with Crippen molar-refractivity contribution in [2.75, 3.05) is 5.75 Å². The molecular formula is C11H17N3O3S. The van der Waals surface area contributed by atoms with Gasteiger partial charge in [-0.15, -0.1) is 0 Å². The molecule has 0 aromatic carbocycles. The first kappa shape index (κ1) is 14.7. The maximum atomic E-state index is 11.6. The summed E-state index contributed by atoms with van der Waals surface area (Å²) in [6.45, 7) is 6.51. The summed E-state index contributed by atoms with van der Waals surface area (Å²) in [6.07, 6.45) is 2.21. The molecule has 1 heterocycles. The van der Waals surface area contributed by atoms with Crippen LogP contribution in [0.2, 0.25) is 0 Å². The number of hydrogen-bond acceptors (Lipinski definition) is 5. The van der Waals surface area contributed by atoms with Gasteiger partial charge in [-0.05, 0) is 17.1 Å². The number of nitrogens with zero attached hydrogens (tertiary/aromatic N) is 3. The molecule has 1 unspecified atom stereocenters. The molecule has 1 rings (SSSR count). The largest absolute Gasteiger partial charge is 0.347 e. The SMILES string of the molecule is CC(C)(C)C(CS)Cn1cc([N+](=O)[O-])cnc1=O. The summed E-state index contributed by atoms with van der Waals surface area (Å²) in [6, 6.07) is 0. The van der Waals surface area contributed by atoms with Crippen LogP contribution in [0, 0.1) is 21.4 Å². The predicted octanol–water partition coefficient (Wildman–Crippen LogP) is 1.74. The molecule has 0 amide bonds. The van der Waals surface area contributed by atoms with Gasteiger partial charge in [0, 0.05) is 6.54 Å². The van der Waals surface area contributed by atoms with E-state index in [0.717, 1.165) is 6.20 Å². The van der Waals surface area contributed by atoms with Crippen molar-refractivity contribution in [1.82, 2.24) is 9.55 Å². The quantitative estimate of drug-likeness (QED) is 0.514. The summed E-state index contributed by atoms with van der Waals surface area (Å²) in [5.74, 6) is 0.723. The molecule has 0 saturated heterocycles. The molecule has 1 aromatic rings. The topological polar surface area (TPSA) is 78.0 Å². The molecular weight excluding hydrogens is 254 g/mol. The van der Waals surface area contributed by atoms with Gasteiger partial charge in [0.1, 0.15) is 6.20 Å². The van der Waals surface area contributed by atoms with Gasteiger partial charge in [0.15, 0.2) is 0 Å². The Morgan fingerprint density at radius 3 is 2.61 bits per heavy atom. The van der Waals surface area contributed by atoms with E-state index < -0.39 is 10.6 Å². The molecule has 100 valence electrons.